The number of fused-ring (bicyclic) bond motifs is 1. The van der Waals surface area contributed by atoms with Crippen LogP contribution in [0.5, 0.6) is 0 Å². The van der Waals surface area contributed by atoms with Crippen molar-refractivity contribution in [1.82, 2.24) is 0 Å². The van der Waals surface area contributed by atoms with Crippen molar-refractivity contribution < 1.29 is 8.78 Å². The van der Waals surface area contributed by atoms with Crippen molar-refractivity contribution in [3.63, 3.8) is 0 Å². The summed E-state index contributed by atoms with van der Waals surface area (Å²) in [6, 6.07) is 2.66. The van der Waals surface area contributed by atoms with Crippen LogP contribution in [0.2, 0.25) is 0 Å². The number of halogens is 2. The number of rotatable bonds is 0. The second-order valence-electron chi connectivity index (χ2n) is 3.57. The molecule has 4 heteroatoms. The summed E-state index contributed by atoms with van der Waals surface area (Å²) in [6.45, 7) is 2.78. The van der Waals surface area contributed by atoms with Crippen LogP contribution in [0.15, 0.2) is 12.1 Å². The van der Waals surface area contributed by atoms with Gasteiger partial charge in [0.05, 0.1) is 11.4 Å². The Morgan fingerprint density at radius 1 is 1.21 bits per heavy atom. The summed E-state index contributed by atoms with van der Waals surface area (Å²) in [5.41, 5.74) is 1.27. The molecule has 2 rings (SSSR count). The van der Waals surface area contributed by atoms with Crippen LogP contribution >= 0.6 is 0 Å². The molecule has 0 saturated carbocycles. The van der Waals surface area contributed by atoms with Gasteiger partial charge in [-0.15, -0.1) is 0 Å². The van der Waals surface area contributed by atoms with Crippen LogP contribution in [-0.2, 0) is 0 Å². The molecule has 76 valence electrons. The standard InChI is InChI=1S/C10H12F2N2/c1-6-2-3-13-9-4-7(11)8(12)5-10(9)14-6/h4-6,13-14H,2-3H2,1H3. The second-order valence-corrected chi connectivity index (χ2v) is 3.57. The first-order chi connectivity index (χ1) is 6.66. The Bertz CT molecular complexity index is 352. The molecule has 1 aliphatic rings. The van der Waals surface area contributed by atoms with Crippen molar-refractivity contribution in [2.24, 2.45) is 0 Å². The molecule has 0 fully saturated rings. The van der Waals surface area contributed by atoms with Gasteiger partial charge in [0.15, 0.2) is 11.6 Å². The Morgan fingerprint density at radius 3 is 2.57 bits per heavy atom. The molecule has 2 nitrogen and oxygen atoms in total. The number of nitrogens with one attached hydrogen (secondary N) is 2. The Kier molecular flexibility index (Phi) is 2.27. The molecule has 14 heavy (non-hydrogen) atoms. The third-order valence-corrected chi connectivity index (χ3v) is 2.36. The van der Waals surface area contributed by atoms with E-state index in [-0.39, 0.29) is 6.04 Å². The van der Waals surface area contributed by atoms with Crippen molar-refractivity contribution in [1.29, 1.82) is 0 Å². The minimum Gasteiger partial charge on any atom is -0.383 e. The summed E-state index contributed by atoms with van der Waals surface area (Å²) in [4.78, 5) is 0. The molecular formula is C10H12F2N2. The number of hydrogen-bond donors (Lipinski definition) is 2. The highest BCUT2D eigenvalue weighted by atomic mass is 19.2. The van der Waals surface area contributed by atoms with Gasteiger partial charge >= 0.3 is 0 Å². The first-order valence-electron chi connectivity index (χ1n) is 4.66. The Balaban J connectivity index is 2.41. The summed E-state index contributed by atoms with van der Waals surface area (Å²) in [6.07, 6.45) is 0.928. The van der Waals surface area contributed by atoms with Gasteiger partial charge < -0.3 is 10.6 Å². The van der Waals surface area contributed by atoms with Crippen molar-refractivity contribution in [3.8, 4) is 0 Å². The minimum atomic E-state index is -0.813. The molecule has 1 heterocycles. The Labute approximate surface area is 81.3 Å². The van der Waals surface area contributed by atoms with Crippen molar-refractivity contribution in [3.05, 3.63) is 23.8 Å². The lowest BCUT2D eigenvalue weighted by Gasteiger charge is -2.12. The van der Waals surface area contributed by atoms with Gasteiger partial charge in [-0.25, -0.2) is 8.78 Å². The van der Waals surface area contributed by atoms with Crippen LogP contribution in [0, 0.1) is 11.6 Å². The molecule has 2 N–H and O–H groups in total. The zero-order valence-corrected chi connectivity index (χ0v) is 7.90. The minimum absolute atomic E-state index is 0.272. The van der Waals surface area contributed by atoms with E-state index in [4.69, 9.17) is 0 Å². The molecule has 1 unspecified atom stereocenters. The summed E-state index contributed by atoms with van der Waals surface area (Å²) in [7, 11) is 0. The van der Waals surface area contributed by atoms with Crippen molar-refractivity contribution in [2.75, 3.05) is 17.2 Å². The lowest BCUT2D eigenvalue weighted by molar-refractivity contribution is 0.509. The first kappa shape index (κ1) is 9.24. The van der Waals surface area contributed by atoms with Gasteiger partial charge in [0.1, 0.15) is 0 Å². The van der Waals surface area contributed by atoms with Gasteiger partial charge in [0.25, 0.3) is 0 Å². The van der Waals surface area contributed by atoms with E-state index in [1.165, 1.54) is 12.1 Å². The van der Waals surface area contributed by atoms with Gasteiger partial charge in [-0.1, -0.05) is 0 Å². The fourth-order valence-corrected chi connectivity index (χ4v) is 1.57. The monoisotopic (exact) mass is 198 g/mol. The molecule has 0 amide bonds. The van der Waals surface area contributed by atoms with Gasteiger partial charge in [0, 0.05) is 24.7 Å². The average molecular weight is 198 g/mol. The maximum atomic E-state index is 12.9. The average Bonchev–Trinajstić information content (AvgIpc) is 2.28. The first-order valence-corrected chi connectivity index (χ1v) is 4.66. The van der Waals surface area contributed by atoms with Crippen LogP contribution in [0.3, 0.4) is 0 Å². The third kappa shape index (κ3) is 1.64. The van der Waals surface area contributed by atoms with E-state index in [1.807, 2.05) is 6.92 Å². The molecule has 1 aromatic rings. The van der Waals surface area contributed by atoms with E-state index in [2.05, 4.69) is 10.6 Å². The third-order valence-electron chi connectivity index (χ3n) is 2.36. The zero-order valence-electron chi connectivity index (χ0n) is 7.90. The van der Waals surface area contributed by atoms with E-state index in [0.717, 1.165) is 13.0 Å². The number of benzene rings is 1. The molecule has 0 saturated heterocycles. The predicted octanol–water partition coefficient (Wildman–Crippen LogP) is 2.58. The molecule has 0 bridgehead atoms. The highest BCUT2D eigenvalue weighted by Crippen LogP contribution is 2.27. The molecule has 0 aromatic heterocycles. The Hall–Kier alpha value is -1.32. The predicted molar refractivity (Wildman–Crippen MR) is 52.5 cm³/mol. The zero-order chi connectivity index (χ0) is 10.1. The van der Waals surface area contributed by atoms with Crippen LogP contribution in [0.25, 0.3) is 0 Å². The quantitative estimate of drug-likeness (QED) is 0.669. The van der Waals surface area contributed by atoms with Gasteiger partial charge in [-0.2, -0.15) is 0 Å². The highest BCUT2D eigenvalue weighted by Gasteiger charge is 2.14. The molecule has 0 spiro atoms. The smallest absolute Gasteiger partial charge is 0.161 e. The fourth-order valence-electron chi connectivity index (χ4n) is 1.57. The van der Waals surface area contributed by atoms with Gasteiger partial charge in [-0.3, -0.25) is 0 Å². The number of anilines is 2. The molecular weight excluding hydrogens is 186 g/mol. The van der Waals surface area contributed by atoms with Gasteiger partial charge in [-0.05, 0) is 13.3 Å². The normalized spacial score (nSPS) is 20.4. The molecule has 1 atom stereocenters. The lowest BCUT2D eigenvalue weighted by atomic mass is 10.2. The molecule has 0 aliphatic carbocycles. The van der Waals surface area contributed by atoms with E-state index >= 15 is 0 Å². The Morgan fingerprint density at radius 2 is 1.86 bits per heavy atom. The van der Waals surface area contributed by atoms with E-state index in [0.29, 0.717) is 11.4 Å². The van der Waals surface area contributed by atoms with Crippen LogP contribution < -0.4 is 10.6 Å². The topological polar surface area (TPSA) is 24.1 Å². The largest absolute Gasteiger partial charge is 0.383 e. The van der Waals surface area contributed by atoms with E-state index in [1.54, 1.807) is 0 Å². The van der Waals surface area contributed by atoms with Crippen molar-refractivity contribution >= 4 is 11.4 Å². The van der Waals surface area contributed by atoms with Crippen LogP contribution in [-0.4, -0.2) is 12.6 Å². The summed E-state index contributed by atoms with van der Waals surface area (Å²) in [5, 5.41) is 6.18. The summed E-state index contributed by atoms with van der Waals surface area (Å²) >= 11 is 0. The number of hydrogen-bond acceptors (Lipinski definition) is 2. The van der Waals surface area contributed by atoms with Gasteiger partial charge in [0.2, 0.25) is 0 Å². The maximum Gasteiger partial charge on any atom is 0.161 e. The lowest BCUT2D eigenvalue weighted by Crippen LogP contribution is -2.14. The molecule has 1 aromatic carbocycles. The van der Waals surface area contributed by atoms with E-state index < -0.39 is 11.6 Å². The molecule has 1 aliphatic heterocycles. The SMILES string of the molecule is CC1CCNc2cc(F)c(F)cc2N1. The summed E-state index contributed by atoms with van der Waals surface area (Å²) < 4.78 is 25.8. The van der Waals surface area contributed by atoms with Crippen molar-refractivity contribution in [2.45, 2.75) is 19.4 Å². The second kappa shape index (κ2) is 3.44. The molecule has 0 radical (unpaired) electrons. The fraction of sp³-hybridized carbons (Fsp3) is 0.400. The van der Waals surface area contributed by atoms with Crippen LogP contribution in [0.4, 0.5) is 20.2 Å². The summed E-state index contributed by atoms with van der Waals surface area (Å²) in [5.74, 6) is -1.63. The van der Waals surface area contributed by atoms with Crippen LogP contribution in [0.1, 0.15) is 13.3 Å². The highest BCUT2D eigenvalue weighted by molar-refractivity contribution is 5.70. The van der Waals surface area contributed by atoms with E-state index in [9.17, 15) is 8.78 Å². The maximum absolute atomic E-state index is 12.9.